The molecule has 2 aromatic rings. The average molecular weight is 265 g/mol. The average Bonchev–Trinajstić information content (AvgIpc) is 2.65. The summed E-state index contributed by atoms with van der Waals surface area (Å²) in [5, 5.41) is 11.6. The summed E-state index contributed by atoms with van der Waals surface area (Å²) in [6.07, 6.45) is 0. The second-order valence-corrected chi connectivity index (χ2v) is 6.33. The summed E-state index contributed by atoms with van der Waals surface area (Å²) in [5.74, 6) is 0.320. The summed E-state index contributed by atoms with van der Waals surface area (Å²) in [6.45, 7) is 0.949. The van der Waals surface area contributed by atoms with E-state index in [1.807, 2.05) is 12.1 Å². The van der Waals surface area contributed by atoms with E-state index in [1.165, 1.54) is 9.77 Å². The number of rotatable bonds is 4. The molecule has 0 saturated heterocycles. The molecule has 2 nitrogen and oxygen atoms in total. The molecule has 0 bridgehead atoms. The molecule has 1 aromatic carbocycles. The topological polar surface area (TPSA) is 23.5 Å². The minimum absolute atomic E-state index is 0.320. The lowest BCUT2D eigenvalue weighted by atomic mass is 10.3. The third-order valence-electron chi connectivity index (χ3n) is 2.22. The Morgan fingerprint density at radius 3 is 2.82 bits per heavy atom. The number of hydrogen-bond acceptors (Lipinski definition) is 4. The number of hydrogen-bond donors (Lipinski definition) is 1. The lowest BCUT2D eigenvalue weighted by Gasteiger charge is -2.10. The van der Waals surface area contributed by atoms with E-state index in [0.29, 0.717) is 5.75 Å². The Hall–Kier alpha value is -0.970. The summed E-state index contributed by atoms with van der Waals surface area (Å²) in [5.41, 5.74) is 1.34. The van der Waals surface area contributed by atoms with Crippen LogP contribution in [0.15, 0.2) is 44.8 Å². The van der Waals surface area contributed by atoms with Crippen LogP contribution in [-0.4, -0.2) is 24.1 Å². The Bertz CT molecular complexity index is 494. The van der Waals surface area contributed by atoms with Crippen molar-refractivity contribution in [2.75, 3.05) is 14.1 Å². The fraction of sp³-hybridized carbons (Fsp3) is 0.231. The number of benzene rings is 1. The predicted octanol–water partition coefficient (Wildman–Crippen LogP) is 3.67. The van der Waals surface area contributed by atoms with Crippen LogP contribution in [0.2, 0.25) is 0 Å². The normalized spacial score (nSPS) is 11.0. The SMILES string of the molecule is CN(C)Cc1ccsc1Sc1cccc(O)c1. The van der Waals surface area contributed by atoms with Gasteiger partial charge in [0, 0.05) is 11.4 Å². The van der Waals surface area contributed by atoms with Gasteiger partial charge in [-0.25, -0.2) is 0 Å². The molecule has 0 unspecified atom stereocenters. The molecule has 0 spiro atoms. The quantitative estimate of drug-likeness (QED) is 0.912. The lowest BCUT2D eigenvalue weighted by molar-refractivity contribution is 0.400. The second kappa shape index (κ2) is 5.58. The highest BCUT2D eigenvalue weighted by Crippen LogP contribution is 2.36. The van der Waals surface area contributed by atoms with Crippen LogP contribution >= 0.6 is 23.1 Å². The summed E-state index contributed by atoms with van der Waals surface area (Å²) in [6, 6.07) is 9.54. The molecule has 4 heteroatoms. The van der Waals surface area contributed by atoms with E-state index < -0.39 is 0 Å². The third kappa shape index (κ3) is 3.49. The van der Waals surface area contributed by atoms with E-state index in [1.54, 1.807) is 35.2 Å². The first-order valence-corrected chi connectivity index (χ1v) is 7.03. The van der Waals surface area contributed by atoms with Crippen molar-refractivity contribution in [1.82, 2.24) is 4.90 Å². The number of phenolic OH excluding ortho intramolecular Hbond substituents is 1. The van der Waals surface area contributed by atoms with Crippen LogP contribution in [0.4, 0.5) is 0 Å². The fourth-order valence-electron chi connectivity index (χ4n) is 1.52. The molecule has 0 fully saturated rings. The van der Waals surface area contributed by atoms with Gasteiger partial charge in [0.1, 0.15) is 5.75 Å². The fourth-order valence-corrected chi connectivity index (χ4v) is 3.61. The second-order valence-electron chi connectivity index (χ2n) is 4.07. The van der Waals surface area contributed by atoms with Crippen molar-refractivity contribution in [3.05, 3.63) is 41.3 Å². The first-order chi connectivity index (χ1) is 8.15. The van der Waals surface area contributed by atoms with Gasteiger partial charge < -0.3 is 10.0 Å². The first kappa shape index (κ1) is 12.5. The highest BCUT2D eigenvalue weighted by Gasteiger charge is 2.07. The molecular formula is C13H15NOS2. The number of aromatic hydroxyl groups is 1. The molecule has 1 heterocycles. The van der Waals surface area contributed by atoms with E-state index in [-0.39, 0.29) is 0 Å². The number of thiophene rings is 1. The van der Waals surface area contributed by atoms with Gasteiger partial charge in [0.25, 0.3) is 0 Å². The van der Waals surface area contributed by atoms with E-state index in [4.69, 9.17) is 0 Å². The van der Waals surface area contributed by atoms with E-state index >= 15 is 0 Å². The Balaban J connectivity index is 2.16. The summed E-state index contributed by atoms with van der Waals surface area (Å²) < 4.78 is 1.30. The van der Waals surface area contributed by atoms with Gasteiger partial charge in [0.15, 0.2) is 0 Å². The van der Waals surface area contributed by atoms with Crippen LogP contribution in [0.1, 0.15) is 5.56 Å². The van der Waals surface area contributed by atoms with Gasteiger partial charge in [-0.2, -0.15) is 0 Å². The summed E-state index contributed by atoms with van der Waals surface area (Å²) in [4.78, 5) is 3.24. The predicted molar refractivity (Wildman–Crippen MR) is 73.9 cm³/mol. The third-order valence-corrected chi connectivity index (χ3v) is 4.45. The molecule has 1 aromatic heterocycles. The van der Waals surface area contributed by atoms with Crippen LogP contribution in [0.5, 0.6) is 5.75 Å². The maximum atomic E-state index is 9.44. The minimum atomic E-state index is 0.320. The Kier molecular flexibility index (Phi) is 4.10. The number of phenols is 1. The maximum Gasteiger partial charge on any atom is 0.116 e. The molecule has 0 aliphatic heterocycles. The van der Waals surface area contributed by atoms with Crippen molar-refractivity contribution < 1.29 is 5.11 Å². The Morgan fingerprint density at radius 1 is 1.29 bits per heavy atom. The molecule has 0 saturated carbocycles. The minimum Gasteiger partial charge on any atom is -0.508 e. The van der Waals surface area contributed by atoms with Gasteiger partial charge in [-0.05, 0) is 49.3 Å². The molecular weight excluding hydrogens is 250 g/mol. The molecule has 0 amide bonds. The van der Waals surface area contributed by atoms with E-state index in [2.05, 4.69) is 30.4 Å². The van der Waals surface area contributed by atoms with Crippen molar-refractivity contribution in [1.29, 1.82) is 0 Å². The van der Waals surface area contributed by atoms with Crippen LogP contribution in [0, 0.1) is 0 Å². The van der Waals surface area contributed by atoms with Crippen LogP contribution in [-0.2, 0) is 6.54 Å². The number of nitrogens with zero attached hydrogens (tertiary/aromatic N) is 1. The van der Waals surface area contributed by atoms with Crippen molar-refractivity contribution >= 4 is 23.1 Å². The van der Waals surface area contributed by atoms with Gasteiger partial charge >= 0.3 is 0 Å². The van der Waals surface area contributed by atoms with Crippen molar-refractivity contribution in [3.8, 4) is 5.75 Å². The maximum absolute atomic E-state index is 9.44. The van der Waals surface area contributed by atoms with Crippen LogP contribution in [0.3, 0.4) is 0 Å². The zero-order chi connectivity index (χ0) is 12.3. The largest absolute Gasteiger partial charge is 0.508 e. The van der Waals surface area contributed by atoms with Crippen molar-refractivity contribution in [2.24, 2.45) is 0 Å². The Labute approximate surface area is 110 Å². The van der Waals surface area contributed by atoms with Crippen molar-refractivity contribution in [3.63, 3.8) is 0 Å². The Morgan fingerprint density at radius 2 is 2.12 bits per heavy atom. The first-order valence-electron chi connectivity index (χ1n) is 5.33. The van der Waals surface area contributed by atoms with Gasteiger partial charge in [-0.1, -0.05) is 17.8 Å². The smallest absolute Gasteiger partial charge is 0.116 e. The zero-order valence-corrected chi connectivity index (χ0v) is 11.5. The van der Waals surface area contributed by atoms with Crippen LogP contribution < -0.4 is 0 Å². The van der Waals surface area contributed by atoms with Gasteiger partial charge in [-0.3, -0.25) is 0 Å². The van der Waals surface area contributed by atoms with E-state index in [0.717, 1.165) is 11.4 Å². The van der Waals surface area contributed by atoms with Gasteiger partial charge in [0.2, 0.25) is 0 Å². The molecule has 17 heavy (non-hydrogen) atoms. The molecule has 2 rings (SSSR count). The molecule has 0 atom stereocenters. The molecule has 1 N–H and O–H groups in total. The summed E-state index contributed by atoms with van der Waals surface area (Å²) in [7, 11) is 4.14. The van der Waals surface area contributed by atoms with Crippen LogP contribution in [0.25, 0.3) is 0 Å². The lowest BCUT2D eigenvalue weighted by Crippen LogP contribution is -2.10. The molecule has 90 valence electrons. The highest BCUT2D eigenvalue weighted by molar-refractivity contribution is 8.01. The molecule has 0 aliphatic rings. The van der Waals surface area contributed by atoms with Gasteiger partial charge in [0.05, 0.1) is 4.21 Å². The van der Waals surface area contributed by atoms with Crippen molar-refractivity contribution in [2.45, 2.75) is 15.6 Å². The zero-order valence-electron chi connectivity index (χ0n) is 9.88. The molecule has 0 aliphatic carbocycles. The molecule has 0 radical (unpaired) electrons. The van der Waals surface area contributed by atoms with Gasteiger partial charge in [-0.15, -0.1) is 11.3 Å². The van der Waals surface area contributed by atoms with E-state index in [9.17, 15) is 5.11 Å². The summed E-state index contributed by atoms with van der Waals surface area (Å²) >= 11 is 3.46. The highest BCUT2D eigenvalue weighted by atomic mass is 32.2. The standard InChI is InChI=1S/C13H15NOS2/c1-14(2)9-10-6-7-16-13(10)17-12-5-3-4-11(15)8-12/h3-8,15H,9H2,1-2H3. The monoisotopic (exact) mass is 265 g/mol.